The highest BCUT2D eigenvalue weighted by Gasteiger charge is 2.13. The van der Waals surface area contributed by atoms with Crippen LogP contribution in [0.25, 0.3) is 21.1 Å². The molecule has 0 saturated carbocycles. The number of hydrogen-bond donors (Lipinski definition) is 0. The molecule has 0 unspecified atom stereocenters. The van der Waals surface area contributed by atoms with Crippen LogP contribution in [0.2, 0.25) is 5.02 Å². The third-order valence-electron chi connectivity index (χ3n) is 4.34. The van der Waals surface area contributed by atoms with Crippen molar-refractivity contribution < 1.29 is 4.74 Å². The Balaban J connectivity index is 1.50. The number of nitrogens with zero attached hydrogens (tertiary/aromatic N) is 3. The second-order valence-corrected chi connectivity index (χ2v) is 8.70. The second kappa shape index (κ2) is 8.95. The molecule has 29 heavy (non-hydrogen) atoms. The van der Waals surface area contributed by atoms with Crippen molar-refractivity contribution in [2.45, 2.75) is 17.7 Å². The van der Waals surface area contributed by atoms with Crippen LogP contribution in [0, 0.1) is 6.92 Å². The van der Waals surface area contributed by atoms with E-state index >= 15 is 0 Å². The van der Waals surface area contributed by atoms with Crippen LogP contribution < -0.4 is 4.74 Å². The Morgan fingerprint density at radius 1 is 1.00 bits per heavy atom. The molecule has 0 saturated heterocycles. The smallest absolute Gasteiger partial charge is 0.124 e. The Kier molecular flexibility index (Phi) is 6.13. The number of halogens is 1. The minimum absolute atomic E-state index is 0.759. The van der Waals surface area contributed by atoms with Gasteiger partial charge in [-0.1, -0.05) is 41.6 Å². The Morgan fingerprint density at radius 3 is 2.48 bits per heavy atom. The maximum atomic E-state index is 6.22. The van der Waals surface area contributed by atoms with E-state index in [1.54, 1.807) is 30.2 Å². The summed E-state index contributed by atoms with van der Waals surface area (Å²) in [5, 5.41) is 11.4. The first-order chi connectivity index (χ1) is 14.1. The van der Waals surface area contributed by atoms with Crippen molar-refractivity contribution in [2.24, 2.45) is 0 Å². The molecule has 0 N–H and O–H groups in total. The molecule has 0 aliphatic heterocycles. The van der Waals surface area contributed by atoms with Crippen molar-refractivity contribution >= 4 is 34.7 Å². The van der Waals surface area contributed by atoms with Crippen LogP contribution in [-0.4, -0.2) is 22.3 Å². The highest BCUT2D eigenvalue weighted by Crippen LogP contribution is 2.35. The number of ether oxygens (including phenoxy) is 1. The number of aromatic nitrogens is 3. The molecule has 146 valence electrons. The summed E-state index contributed by atoms with van der Waals surface area (Å²) in [6, 6.07) is 19.8. The maximum Gasteiger partial charge on any atom is 0.124 e. The van der Waals surface area contributed by atoms with Gasteiger partial charge in [0.25, 0.3) is 0 Å². The van der Waals surface area contributed by atoms with E-state index < -0.39 is 0 Å². The van der Waals surface area contributed by atoms with E-state index in [1.807, 2.05) is 67.6 Å². The van der Waals surface area contributed by atoms with Gasteiger partial charge in [0.05, 0.1) is 17.7 Å². The van der Waals surface area contributed by atoms with Gasteiger partial charge in [-0.05, 0) is 55.0 Å². The van der Waals surface area contributed by atoms with Gasteiger partial charge in [0.15, 0.2) is 0 Å². The van der Waals surface area contributed by atoms with Crippen LogP contribution in [0.3, 0.4) is 0 Å². The van der Waals surface area contributed by atoms with E-state index in [0.717, 1.165) is 54.0 Å². The fourth-order valence-electron chi connectivity index (χ4n) is 2.78. The Morgan fingerprint density at radius 2 is 1.79 bits per heavy atom. The normalized spacial score (nSPS) is 10.9. The fourth-order valence-corrected chi connectivity index (χ4v) is 4.91. The first kappa shape index (κ1) is 19.9. The average molecular weight is 440 g/mol. The molecule has 4 nitrogen and oxygen atoms in total. The molecule has 2 heterocycles. The first-order valence-corrected chi connectivity index (χ1v) is 11.1. The van der Waals surface area contributed by atoms with Gasteiger partial charge in [-0.25, -0.2) is 4.98 Å². The lowest BCUT2D eigenvalue weighted by Crippen LogP contribution is -1.90. The first-order valence-electron chi connectivity index (χ1n) is 8.96. The van der Waals surface area contributed by atoms with E-state index in [9.17, 15) is 0 Å². The van der Waals surface area contributed by atoms with Gasteiger partial charge < -0.3 is 4.74 Å². The lowest BCUT2D eigenvalue weighted by Gasteiger charge is -2.04. The van der Waals surface area contributed by atoms with E-state index in [2.05, 4.69) is 10.2 Å². The lowest BCUT2D eigenvalue weighted by molar-refractivity contribution is 0.415. The predicted octanol–water partition coefficient (Wildman–Crippen LogP) is 6.53. The number of thiazole rings is 1. The third kappa shape index (κ3) is 4.61. The largest absolute Gasteiger partial charge is 0.497 e. The van der Waals surface area contributed by atoms with Crippen LogP contribution in [0.5, 0.6) is 5.75 Å². The van der Waals surface area contributed by atoms with Crippen LogP contribution in [0.4, 0.5) is 0 Å². The Hall–Kier alpha value is -2.41. The minimum atomic E-state index is 0.759. The van der Waals surface area contributed by atoms with Crippen LogP contribution in [0.1, 0.15) is 11.3 Å². The summed E-state index contributed by atoms with van der Waals surface area (Å²) in [6.45, 7) is 2.00. The zero-order valence-electron chi connectivity index (χ0n) is 15.9. The Bertz CT molecular complexity index is 1110. The molecule has 0 spiro atoms. The molecular weight excluding hydrogens is 422 g/mol. The SMILES string of the molecule is COc1ccc(-c2nc(C)c(-c3ccc(SCc4ccccc4Cl)nn3)s2)cc1. The summed E-state index contributed by atoms with van der Waals surface area (Å²) < 4.78 is 5.22. The van der Waals surface area contributed by atoms with Gasteiger partial charge in [0, 0.05) is 16.3 Å². The molecule has 0 fully saturated rings. The number of rotatable bonds is 6. The molecule has 0 aliphatic carbocycles. The summed E-state index contributed by atoms with van der Waals surface area (Å²) in [6.07, 6.45) is 0. The maximum absolute atomic E-state index is 6.22. The average Bonchev–Trinajstić information content (AvgIpc) is 3.15. The highest BCUT2D eigenvalue weighted by molar-refractivity contribution is 7.98. The van der Waals surface area contributed by atoms with Crippen molar-refractivity contribution in [3.8, 4) is 26.9 Å². The summed E-state index contributed by atoms with van der Waals surface area (Å²) in [4.78, 5) is 5.74. The molecule has 0 aliphatic rings. The van der Waals surface area contributed by atoms with Gasteiger partial charge in [0.2, 0.25) is 0 Å². The molecule has 2 aromatic carbocycles. The highest BCUT2D eigenvalue weighted by atomic mass is 35.5. The van der Waals surface area contributed by atoms with Gasteiger partial charge in [-0.15, -0.1) is 21.5 Å². The molecule has 0 radical (unpaired) electrons. The van der Waals surface area contributed by atoms with Gasteiger partial charge in [0.1, 0.15) is 21.5 Å². The zero-order chi connectivity index (χ0) is 20.2. The minimum Gasteiger partial charge on any atom is -0.497 e. The summed E-state index contributed by atoms with van der Waals surface area (Å²) in [7, 11) is 1.66. The number of hydrogen-bond acceptors (Lipinski definition) is 6. The van der Waals surface area contributed by atoms with E-state index in [0.29, 0.717) is 0 Å². The van der Waals surface area contributed by atoms with Gasteiger partial charge in [-0.2, -0.15) is 0 Å². The van der Waals surface area contributed by atoms with Crippen LogP contribution >= 0.6 is 34.7 Å². The van der Waals surface area contributed by atoms with Gasteiger partial charge >= 0.3 is 0 Å². The molecule has 4 rings (SSSR count). The predicted molar refractivity (Wildman–Crippen MR) is 121 cm³/mol. The second-order valence-electron chi connectivity index (χ2n) is 6.30. The molecule has 0 bridgehead atoms. The summed E-state index contributed by atoms with van der Waals surface area (Å²) in [5.41, 5.74) is 3.94. The fraction of sp³-hybridized carbons (Fsp3) is 0.136. The van der Waals surface area contributed by atoms with Crippen molar-refractivity contribution in [1.82, 2.24) is 15.2 Å². The summed E-state index contributed by atoms with van der Waals surface area (Å²) >= 11 is 9.46. The molecule has 2 aromatic heterocycles. The third-order valence-corrected chi connectivity index (χ3v) is 6.91. The standard InChI is InChI=1S/C22H18ClN3OS2/c1-14-21(29-22(24-14)15-7-9-17(27-2)10-8-15)19-11-12-20(26-25-19)28-13-16-5-3-4-6-18(16)23/h3-12H,13H2,1-2H3. The van der Waals surface area contributed by atoms with Crippen LogP contribution in [0.15, 0.2) is 65.7 Å². The topological polar surface area (TPSA) is 47.9 Å². The lowest BCUT2D eigenvalue weighted by atomic mass is 10.2. The van der Waals surface area contributed by atoms with E-state index in [-0.39, 0.29) is 0 Å². The molecule has 0 amide bonds. The van der Waals surface area contributed by atoms with Gasteiger partial charge in [-0.3, -0.25) is 0 Å². The quantitative estimate of drug-likeness (QED) is 0.319. The Labute approximate surface area is 183 Å². The summed E-state index contributed by atoms with van der Waals surface area (Å²) in [5.74, 6) is 1.59. The van der Waals surface area contributed by atoms with Crippen molar-refractivity contribution in [3.05, 3.63) is 76.9 Å². The zero-order valence-corrected chi connectivity index (χ0v) is 18.3. The van der Waals surface area contributed by atoms with Crippen molar-refractivity contribution in [3.63, 3.8) is 0 Å². The molecule has 7 heteroatoms. The molecule has 0 atom stereocenters. The molecule has 4 aromatic rings. The number of aryl methyl sites for hydroxylation is 1. The number of thioether (sulfide) groups is 1. The van der Waals surface area contributed by atoms with Crippen molar-refractivity contribution in [2.75, 3.05) is 7.11 Å². The number of methoxy groups -OCH3 is 1. The van der Waals surface area contributed by atoms with Crippen LogP contribution in [-0.2, 0) is 5.75 Å². The van der Waals surface area contributed by atoms with Crippen molar-refractivity contribution in [1.29, 1.82) is 0 Å². The molecular formula is C22H18ClN3OS2. The monoisotopic (exact) mass is 439 g/mol. The van der Waals surface area contributed by atoms with E-state index in [1.165, 1.54) is 0 Å². The number of benzene rings is 2. The van der Waals surface area contributed by atoms with E-state index in [4.69, 9.17) is 21.3 Å².